The first-order valence-corrected chi connectivity index (χ1v) is 23.7. The van der Waals surface area contributed by atoms with Gasteiger partial charge in [0.05, 0.1) is 30.8 Å². The van der Waals surface area contributed by atoms with Gasteiger partial charge in [0.15, 0.2) is 11.5 Å². The minimum absolute atomic E-state index is 0. The first kappa shape index (κ1) is 48.1. The Labute approximate surface area is 396 Å². The van der Waals surface area contributed by atoms with Crippen molar-refractivity contribution in [3.63, 3.8) is 0 Å². The lowest BCUT2D eigenvalue weighted by atomic mass is 9.88. The summed E-state index contributed by atoms with van der Waals surface area (Å²) >= 11 is 0. The van der Waals surface area contributed by atoms with Crippen molar-refractivity contribution < 1.29 is 1.43 Å². The average Bonchev–Trinajstić information content (AvgIpc) is 4.18. The van der Waals surface area contributed by atoms with Gasteiger partial charge in [-0.25, -0.2) is 24.9 Å². The Balaban J connectivity index is 0.000000142. The van der Waals surface area contributed by atoms with Gasteiger partial charge >= 0.3 is 0 Å². The zero-order valence-electron chi connectivity index (χ0n) is 41.1. The number of aryl methyl sites for hydroxylation is 2. The number of rotatable bonds is 6. The highest BCUT2D eigenvalue weighted by Crippen LogP contribution is 2.32. The standard InChI is InChI=1S/C14H15N5.C11H17N.C10H12N2.2C9H11N3.H2/c1-8-9(2)15-10(3)16-13(8)17-14-11-6-4-5-7-12(11)18-19-14;1-8(2)11-10-6-4-3-5-9(10)7-12-11;1-7(2)10-9-6-11-4-3-8(9)5-12-10;1-6(2)9-7-3-10-5-12-8(7)4-11-9;1-6(2)8-7-4-3-5-10-9(7)12-11-8;/h4-7H,1-3H3,(H2,15,16,17,18,19);8H,3-7H2,1-2H3;3-4,6-7H,5H2,1-2H3;3,5-6H,4H2,1-2H3;3-6H,1-2H3,(H,10,11,12);1H/i;;;;;1+1. The van der Waals surface area contributed by atoms with E-state index < -0.39 is 0 Å². The number of aromatic nitrogens is 10. The molecule has 6 aromatic heterocycles. The smallest absolute Gasteiger partial charge is 0.181 e. The normalized spacial score (nSPS) is 14.5. The Morgan fingerprint density at radius 3 is 2.09 bits per heavy atom. The number of hydrogen-bond donors (Lipinski definition) is 3. The second-order valence-electron chi connectivity index (χ2n) is 18.5. The highest BCUT2D eigenvalue weighted by Gasteiger charge is 2.24. The minimum Gasteiger partial charge on any atom is -0.323 e. The van der Waals surface area contributed by atoms with E-state index in [1.165, 1.54) is 48.2 Å². The van der Waals surface area contributed by atoms with E-state index in [-0.39, 0.29) is 1.43 Å². The van der Waals surface area contributed by atoms with Crippen LogP contribution in [0.3, 0.4) is 0 Å². The van der Waals surface area contributed by atoms with Gasteiger partial charge in [-0.2, -0.15) is 10.2 Å². The van der Waals surface area contributed by atoms with Crippen molar-refractivity contribution in [1.29, 1.82) is 0 Å². The molecule has 14 nitrogen and oxygen atoms in total. The van der Waals surface area contributed by atoms with Crippen LogP contribution in [0.2, 0.25) is 0 Å². The summed E-state index contributed by atoms with van der Waals surface area (Å²) in [4.78, 5) is 38.7. The van der Waals surface area contributed by atoms with Crippen molar-refractivity contribution in [2.24, 2.45) is 32.7 Å². The lowest BCUT2D eigenvalue weighted by Crippen LogP contribution is -2.10. The predicted molar refractivity (Wildman–Crippen MR) is 275 cm³/mol. The molecule has 0 amide bonds. The first-order valence-electron chi connectivity index (χ1n) is 23.7. The van der Waals surface area contributed by atoms with Crippen LogP contribution in [0, 0.1) is 38.5 Å². The Kier molecular flexibility index (Phi) is 15.9. The molecule has 0 bridgehead atoms. The van der Waals surface area contributed by atoms with Crippen LogP contribution in [0.15, 0.2) is 99.7 Å². The van der Waals surface area contributed by atoms with Crippen molar-refractivity contribution in [3.05, 3.63) is 130 Å². The molecule has 0 saturated carbocycles. The first-order chi connectivity index (χ1) is 32.3. The quantitative estimate of drug-likeness (QED) is 0.146. The molecule has 0 unspecified atom stereocenters. The number of aliphatic imine (C=N–C) groups is 3. The van der Waals surface area contributed by atoms with E-state index in [0.717, 1.165) is 93.0 Å². The Morgan fingerprint density at radius 1 is 0.612 bits per heavy atom. The number of allylic oxidation sites excluding steroid dienone is 1. The molecule has 9 heterocycles. The van der Waals surface area contributed by atoms with Crippen molar-refractivity contribution in [1.82, 2.24) is 50.3 Å². The van der Waals surface area contributed by atoms with Crippen LogP contribution in [0.25, 0.3) is 21.9 Å². The lowest BCUT2D eigenvalue weighted by Gasteiger charge is -2.16. The van der Waals surface area contributed by atoms with Gasteiger partial charge in [-0.15, -0.1) is 0 Å². The molecule has 0 atom stereocenters. The van der Waals surface area contributed by atoms with E-state index in [4.69, 9.17) is 0 Å². The number of benzene rings is 1. The number of H-pyrrole nitrogens is 2. The fourth-order valence-corrected chi connectivity index (χ4v) is 8.60. The SMILES string of the molecule is CC(C)C1=NCC2=C1CCCC2.CC(C)C1=NCc2ccncc21.CC(C)C1=NCc2ncncc21.CC(C)c1[nH]nc2ncccc12.Cc1nc(C)c(C)c(Nc2n[nH]c3ccccc23)n1.[2HH]. The van der Waals surface area contributed by atoms with E-state index in [2.05, 4.69) is 126 Å². The van der Waals surface area contributed by atoms with Crippen molar-refractivity contribution >= 4 is 50.7 Å². The molecule has 3 aliphatic heterocycles. The van der Waals surface area contributed by atoms with E-state index >= 15 is 0 Å². The Hall–Kier alpha value is -6.83. The predicted octanol–water partition coefficient (Wildman–Crippen LogP) is 11.8. The maximum absolute atomic E-state index is 4.62. The van der Waals surface area contributed by atoms with Crippen LogP contribution in [0.1, 0.15) is 134 Å². The zero-order valence-corrected chi connectivity index (χ0v) is 41.1. The number of fused-ring (bicyclic) bond motifs is 4. The maximum atomic E-state index is 4.62. The zero-order chi connectivity index (χ0) is 47.6. The molecule has 4 aliphatic rings. The monoisotopic (exact) mass is 902 g/mol. The van der Waals surface area contributed by atoms with Gasteiger partial charge in [-0.05, 0) is 117 Å². The lowest BCUT2D eigenvalue weighted by molar-refractivity contribution is 0.684. The molecule has 1 aromatic carbocycles. The minimum atomic E-state index is 0. The molecule has 67 heavy (non-hydrogen) atoms. The molecular formula is C53H68N14. The number of pyridine rings is 2. The number of anilines is 2. The van der Waals surface area contributed by atoms with Crippen LogP contribution in [-0.2, 0) is 13.1 Å². The molecule has 14 heteroatoms. The summed E-state index contributed by atoms with van der Waals surface area (Å²) in [5.41, 5.74) is 16.8. The van der Waals surface area contributed by atoms with E-state index in [9.17, 15) is 0 Å². The van der Waals surface area contributed by atoms with Crippen molar-refractivity contribution in [3.8, 4) is 0 Å². The molecule has 3 N–H and O–H groups in total. The second kappa shape index (κ2) is 22.1. The summed E-state index contributed by atoms with van der Waals surface area (Å²) < 4.78 is 0. The number of nitrogens with zero attached hydrogens (tertiary/aromatic N) is 11. The molecule has 350 valence electrons. The third kappa shape index (κ3) is 11.6. The fourth-order valence-electron chi connectivity index (χ4n) is 8.60. The molecule has 1 aliphatic carbocycles. The van der Waals surface area contributed by atoms with Gasteiger partial charge in [0.25, 0.3) is 0 Å². The van der Waals surface area contributed by atoms with Crippen LogP contribution < -0.4 is 5.32 Å². The van der Waals surface area contributed by atoms with Crippen LogP contribution in [-0.4, -0.2) is 74.0 Å². The van der Waals surface area contributed by atoms with Crippen molar-refractivity contribution in [2.45, 2.75) is 121 Å². The molecule has 7 aromatic rings. The Morgan fingerprint density at radius 2 is 1.31 bits per heavy atom. The maximum Gasteiger partial charge on any atom is 0.181 e. The Bertz CT molecular complexity index is 2870. The number of aromatic amines is 2. The molecule has 0 radical (unpaired) electrons. The average molecular weight is 902 g/mol. The summed E-state index contributed by atoms with van der Waals surface area (Å²) in [5, 5.41) is 19.9. The molecular weight excluding hydrogens is 833 g/mol. The van der Waals surface area contributed by atoms with Gasteiger partial charge in [0, 0.05) is 82.2 Å². The summed E-state index contributed by atoms with van der Waals surface area (Å²) in [5.74, 6) is 4.44. The van der Waals surface area contributed by atoms with E-state index in [1.807, 2.05) is 81.8 Å². The second-order valence-corrected chi connectivity index (χ2v) is 18.5. The van der Waals surface area contributed by atoms with Crippen LogP contribution >= 0.6 is 0 Å². The molecule has 11 rings (SSSR count). The summed E-state index contributed by atoms with van der Waals surface area (Å²) in [6.07, 6.45) is 14.3. The van der Waals surface area contributed by atoms with Crippen LogP contribution in [0.4, 0.5) is 11.6 Å². The fraction of sp³-hybridized carbons (Fsp3) is 0.415. The largest absolute Gasteiger partial charge is 0.323 e. The van der Waals surface area contributed by atoms with E-state index in [0.29, 0.717) is 23.7 Å². The van der Waals surface area contributed by atoms with Gasteiger partial charge in [0.1, 0.15) is 18.0 Å². The number of para-hydroxylation sites is 1. The van der Waals surface area contributed by atoms with Crippen LogP contribution in [0.5, 0.6) is 0 Å². The molecule has 0 saturated heterocycles. The molecule has 0 spiro atoms. The van der Waals surface area contributed by atoms with Gasteiger partial charge in [0.2, 0.25) is 0 Å². The highest BCUT2D eigenvalue weighted by atomic mass is 15.2. The molecule has 0 fully saturated rings. The van der Waals surface area contributed by atoms with E-state index in [1.54, 1.807) is 23.7 Å². The van der Waals surface area contributed by atoms with Gasteiger partial charge < -0.3 is 5.32 Å². The third-order valence-corrected chi connectivity index (χ3v) is 12.2. The van der Waals surface area contributed by atoms with Gasteiger partial charge in [-0.3, -0.25) is 30.2 Å². The topological polar surface area (TPSA) is 184 Å². The number of hydrogen-bond acceptors (Lipinski definition) is 12. The summed E-state index contributed by atoms with van der Waals surface area (Å²) in [6, 6.07) is 14.0. The summed E-state index contributed by atoms with van der Waals surface area (Å²) in [7, 11) is 0. The van der Waals surface area contributed by atoms with Crippen molar-refractivity contribution in [2.75, 3.05) is 11.9 Å². The third-order valence-electron chi connectivity index (χ3n) is 12.2. The highest BCUT2D eigenvalue weighted by molar-refractivity contribution is 6.05. The summed E-state index contributed by atoms with van der Waals surface area (Å²) in [6.45, 7) is 25.9. The van der Waals surface area contributed by atoms with Gasteiger partial charge in [-0.1, -0.05) is 67.5 Å². The number of nitrogens with one attached hydrogen (secondary N) is 3.